The topological polar surface area (TPSA) is 85.1 Å². The monoisotopic (exact) mass is 325 g/mol. The van der Waals surface area contributed by atoms with Gasteiger partial charge in [0.1, 0.15) is 0 Å². The average Bonchev–Trinajstić information content (AvgIpc) is 2.95. The van der Waals surface area contributed by atoms with Gasteiger partial charge in [0.25, 0.3) is 0 Å². The number of nitrogens with zero attached hydrogens (tertiary/aromatic N) is 1. The second-order valence-electron chi connectivity index (χ2n) is 5.05. The van der Waals surface area contributed by atoms with Crippen molar-refractivity contribution >= 4 is 27.0 Å². The van der Waals surface area contributed by atoms with Gasteiger partial charge in [-0.1, -0.05) is 13.0 Å². The number of nitrogen functional groups attached to an aromatic ring is 1. The van der Waals surface area contributed by atoms with Crippen LogP contribution < -0.4 is 10.5 Å². The molecule has 5 nitrogen and oxygen atoms in total. The van der Waals surface area contributed by atoms with E-state index in [0.717, 1.165) is 5.01 Å². The minimum absolute atomic E-state index is 0.0291. The molecule has 7 heteroatoms. The predicted molar refractivity (Wildman–Crippen MR) is 86.0 cm³/mol. The summed E-state index contributed by atoms with van der Waals surface area (Å²) in [6.07, 6.45) is 1.72. The maximum atomic E-state index is 12.5. The van der Waals surface area contributed by atoms with Crippen LogP contribution in [0.5, 0.6) is 0 Å². The molecule has 0 saturated heterocycles. The maximum absolute atomic E-state index is 12.5. The van der Waals surface area contributed by atoms with Crippen LogP contribution in [0.2, 0.25) is 0 Å². The number of aromatic nitrogens is 1. The lowest BCUT2D eigenvalue weighted by atomic mass is 10.1. The Morgan fingerprint density at radius 2 is 2.10 bits per heavy atom. The van der Waals surface area contributed by atoms with E-state index in [9.17, 15) is 8.42 Å². The number of benzene rings is 1. The van der Waals surface area contributed by atoms with E-state index in [1.807, 2.05) is 12.3 Å². The molecule has 0 aliphatic carbocycles. The summed E-state index contributed by atoms with van der Waals surface area (Å²) in [5, 5.41) is 2.80. The van der Waals surface area contributed by atoms with E-state index in [2.05, 4.69) is 9.71 Å². The molecule has 3 N–H and O–H groups in total. The van der Waals surface area contributed by atoms with Crippen molar-refractivity contribution in [1.82, 2.24) is 9.71 Å². The molecule has 1 unspecified atom stereocenters. The summed E-state index contributed by atoms with van der Waals surface area (Å²) in [6, 6.07) is 3.45. The molecular weight excluding hydrogens is 306 g/mol. The molecule has 1 atom stereocenters. The van der Waals surface area contributed by atoms with Crippen molar-refractivity contribution in [3.8, 4) is 0 Å². The Balaban J connectivity index is 2.22. The summed E-state index contributed by atoms with van der Waals surface area (Å²) in [6.45, 7) is 5.75. The molecule has 0 amide bonds. The van der Waals surface area contributed by atoms with Crippen LogP contribution in [0.3, 0.4) is 0 Å². The SMILES string of the molecule is Cc1ccc(N)c(C)c1S(=O)(=O)NCC(C)c1nccs1. The van der Waals surface area contributed by atoms with Gasteiger partial charge in [-0.15, -0.1) is 11.3 Å². The molecule has 2 aromatic rings. The van der Waals surface area contributed by atoms with Crippen LogP contribution in [-0.2, 0) is 10.0 Å². The van der Waals surface area contributed by atoms with Crippen molar-refractivity contribution in [2.75, 3.05) is 12.3 Å². The van der Waals surface area contributed by atoms with Gasteiger partial charge >= 0.3 is 0 Å². The number of nitrogens with one attached hydrogen (secondary N) is 1. The molecule has 0 aliphatic heterocycles. The van der Waals surface area contributed by atoms with Crippen LogP contribution >= 0.6 is 11.3 Å². The predicted octanol–water partition coefficient (Wildman–Crippen LogP) is 2.42. The van der Waals surface area contributed by atoms with Crippen LogP contribution in [0.1, 0.15) is 29.0 Å². The van der Waals surface area contributed by atoms with E-state index in [1.165, 1.54) is 11.3 Å². The lowest BCUT2D eigenvalue weighted by Gasteiger charge is -2.15. The molecule has 21 heavy (non-hydrogen) atoms. The zero-order chi connectivity index (χ0) is 15.6. The van der Waals surface area contributed by atoms with Gasteiger partial charge in [0.2, 0.25) is 10.0 Å². The van der Waals surface area contributed by atoms with Gasteiger partial charge in [0.15, 0.2) is 0 Å². The lowest BCUT2D eigenvalue weighted by molar-refractivity contribution is 0.573. The molecule has 0 spiro atoms. The summed E-state index contributed by atoms with van der Waals surface area (Å²) in [7, 11) is -3.58. The van der Waals surface area contributed by atoms with Crippen molar-refractivity contribution in [2.45, 2.75) is 31.6 Å². The Bertz CT molecular complexity index is 725. The fourth-order valence-electron chi connectivity index (χ4n) is 2.13. The number of nitrogens with two attached hydrogens (primary N) is 1. The van der Waals surface area contributed by atoms with Crippen molar-refractivity contribution < 1.29 is 8.42 Å². The number of rotatable bonds is 5. The number of anilines is 1. The van der Waals surface area contributed by atoms with Gasteiger partial charge in [-0.3, -0.25) is 0 Å². The zero-order valence-electron chi connectivity index (χ0n) is 12.3. The molecule has 114 valence electrons. The third-order valence-corrected chi connectivity index (χ3v) is 6.09. The summed E-state index contributed by atoms with van der Waals surface area (Å²) in [5.74, 6) is 0.0291. The Morgan fingerprint density at radius 3 is 2.71 bits per heavy atom. The first-order valence-electron chi connectivity index (χ1n) is 6.57. The van der Waals surface area contributed by atoms with E-state index in [0.29, 0.717) is 23.4 Å². The highest BCUT2D eigenvalue weighted by atomic mass is 32.2. The van der Waals surface area contributed by atoms with E-state index in [-0.39, 0.29) is 10.8 Å². The molecule has 0 radical (unpaired) electrons. The zero-order valence-corrected chi connectivity index (χ0v) is 13.9. The first kappa shape index (κ1) is 15.9. The molecule has 1 aromatic heterocycles. The molecule has 0 fully saturated rings. The summed E-state index contributed by atoms with van der Waals surface area (Å²) in [4.78, 5) is 4.47. The van der Waals surface area contributed by atoms with Crippen LogP contribution in [0, 0.1) is 13.8 Å². The number of hydrogen-bond acceptors (Lipinski definition) is 5. The van der Waals surface area contributed by atoms with Gasteiger partial charge in [-0.25, -0.2) is 18.1 Å². The van der Waals surface area contributed by atoms with E-state index < -0.39 is 10.0 Å². The van der Waals surface area contributed by atoms with Crippen LogP contribution in [0.15, 0.2) is 28.6 Å². The second kappa shape index (κ2) is 6.13. The van der Waals surface area contributed by atoms with E-state index in [4.69, 9.17) is 5.73 Å². The summed E-state index contributed by atoms with van der Waals surface area (Å²) in [5.41, 5.74) is 7.58. The van der Waals surface area contributed by atoms with Gasteiger partial charge in [-0.2, -0.15) is 0 Å². The quantitative estimate of drug-likeness (QED) is 0.827. The van der Waals surface area contributed by atoms with Crippen LogP contribution in [0.25, 0.3) is 0 Å². The van der Waals surface area contributed by atoms with E-state index in [1.54, 1.807) is 32.2 Å². The Kier molecular flexibility index (Phi) is 4.65. The van der Waals surface area contributed by atoms with Crippen molar-refractivity contribution in [2.24, 2.45) is 0 Å². The third kappa shape index (κ3) is 3.42. The van der Waals surface area contributed by atoms with Crippen molar-refractivity contribution in [1.29, 1.82) is 0 Å². The molecule has 2 rings (SSSR count). The summed E-state index contributed by atoms with van der Waals surface area (Å²) < 4.78 is 27.7. The first-order chi connectivity index (χ1) is 9.83. The number of sulfonamides is 1. The van der Waals surface area contributed by atoms with E-state index >= 15 is 0 Å². The lowest BCUT2D eigenvalue weighted by Crippen LogP contribution is -2.29. The minimum Gasteiger partial charge on any atom is -0.398 e. The maximum Gasteiger partial charge on any atom is 0.241 e. The Labute approximate surface area is 129 Å². The van der Waals surface area contributed by atoms with Gasteiger partial charge < -0.3 is 5.73 Å². The third-order valence-electron chi connectivity index (χ3n) is 3.37. The summed E-state index contributed by atoms with van der Waals surface area (Å²) >= 11 is 1.52. The average molecular weight is 325 g/mol. The largest absolute Gasteiger partial charge is 0.398 e. The fourth-order valence-corrected chi connectivity index (χ4v) is 4.45. The van der Waals surface area contributed by atoms with Gasteiger partial charge in [-0.05, 0) is 31.0 Å². The highest BCUT2D eigenvalue weighted by Crippen LogP contribution is 2.25. The van der Waals surface area contributed by atoms with Gasteiger partial charge in [0.05, 0.1) is 9.90 Å². The fraction of sp³-hybridized carbons (Fsp3) is 0.357. The number of aryl methyl sites for hydroxylation is 1. The standard InChI is InChI=1S/C14H19N3O2S2/c1-9-4-5-12(15)11(3)13(9)21(18,19)17-8-10(2)14-16-6-7-20-14/h4-7,10,17H,8,15H2,1-3H3. The smallest absolute Gasteiger partial charge is 0.241 e. The first-order valence-corrected chi connectivity index (χ1v) is 8.94. The molecular formula is C14H19N3O2S2. The van der Waals surface area contributed by atoms with Crippen molar-refractivity contribution in [3.05, 3.63) is 39.8 Å². The second-order valence-corrected chi connectivity index (χ2v) is 7.68. The molecule has 0 bridgehead atoms. The molecule has 0 aliphatic rings. The van der Waals surface area contributed by atoms with Gasteiger partial charge in [0, 0.05) is 29.7 Å². The highest BCUT2D eigenvalue weighted by molar-refractivity contribution is 7.89. The molecule has 1 aromatic carbocycles. The highest BCUT2D eigenvalue weighted by Gasteiger charge is 2.22. The van der Waals surface area contributed by atoms with Crippen molar-refractivity contribution in [3.63, 3.8) is 0 Å². The van der Waals surface area contributed by atoms with Crippen LogP contribution in [-0.4, -0.2) is 19.9 Å². The minimum atomic E-state index is -3.58. The molecule has 0 saturated carbocycles. The normalized spacial score (nSPS) is 13.3. The Morgan fingerprint density at radius 1 is 1.38 bits per heavy atom. The number of thiazole rings is 1. The molecule has 1 heterocycles. The number of hydrogen-bond donors (Lipinski definition) is 2. The Hall–Kier alpha value is -1.44. The van der Waals surface area contributed by atoms with Crippen LogP contribution in [0.4, 0.5) is 5.69 Å².